The van der Waals surface area contributed by atoms with Crippen molar-refractivity contribution in [2.75, 3.05) is 5.32 Å². The van der Waals surface area contributed by atoms with E-state index in [2.05, 4.69) is 20.8 Å². The van der Waals surface area contributed by atoms with Gasteiger partial charge in [0.25, 0.3) is 0 Å². The number of tetrazole rings is 1. The number of benzene rings is 1. The largest absolute Gasteiger partial charge is 0.327 e. The highest BCUT2D eigenvalue weighted by molar-refractivity contribution is 5.96. The maximum absolute atomic E-state index is 11.9. The first-order chi connectivity index (χ1) is 9.18. The zero-order valence-electron chi connectivity index (χ0n) is 10.7. The summed E-state index contributed by atoms with van der Waals surface area (Å²) in [5, 5.41) is 14.6. The number of carbonyl (C=O) groups is 1. The Kier molecular flexibility index (Phi) is 2.63. The van der Waals surface area contributed by atoms with E-state index in [9.17, 15) is 4.79 Å². The van der Waals surface area contributed by atoms with Crippen molar-refractivity contribution in [1.29, 1.82) is 0 Å². The van der Waals surface area contributed by atoms with Crippen LogP contribution in [-0.2, 0) is 4.79 Å². The number of carbonyl (C=O) groups excluding carboxylic acids is 1. The molecule has 1 N–H and O–H groups in total. The van der Waals surface area contributed by atoms with Gasteiger partial charge in [-0.1, -0.05) is 35.4 Å². The van der Waals surface area contributed by atoms with Crippen molar-refractivity contribution in [3.63, 3.8) is 0 Å². The lowest BCUT2D eigenvalue weighted by atomic mass is 9.93. The monoisotopic (exact) mass is 255 g/mol. The van der Waals surface area contributed by atoms with E-state index in [4.69, 9.17) is 0 Å². The average molecular weight is 255 g/mol. The van der Waals surface area contributed by atoms with Crippen molar-refractivity contribution in [2.45, 2.75) is 19.9 Å². The number of aromatic nitrogens is 4. The molecule has 3 rings (SSSR count). The van der Waals surface area contributed by atoms with Crippen LogP contribution in [0.1, 0.15) is 25.5 Å². The fourth-order valence-corrected chi connectivity index (χ4v) is 2.41. The van der Waals surface area contributed by atoms with Crippen LogP contribution in [0.15, 0.2) is 41.6 Å². The van der Waals surface area contributed by atoms with Gasteiger partial charge in [-0.25, -0.2) is 0 Å². The van der Waals surface area contributed by atoms with Crippen molar-refractivity contribution >= 4 is 11.7 Å². The number of hydrogen-bond acceptors (Lipinski definition) is 5. The van der Waals surface area contributed by atoms with Gasteiger partial charge in [-0.2, -0.15) is 4.68 Å². The third-order valence-corrected chi connectivity index (χ3v) is 3.21. The molecular formula is C13H13N5O. The van der Waals surface area contributed by atoms with Gasteiger partial charge in [-0.3, -0.25) is 4.79 Å². The molecule has 1 aliphatic heterocycles. The lowest BCUT2D eigenvalue weighted by molar-refractivity contribution is -0.114. The summed E-state index contributed by atoms with van der Waals surface area (Å²) in [6.45, 7) is 3.43. The molecular weight excluding hydrogens is 242 g/mol. The summed E-state index contributed by atoms with van der Waals surface area (Å²) >= 11 is 0. The third kappa shape index (κ3) is 1.81. The van der Waals surface area contributed by atoms with Gasteiger partial charge in [0.1, 0.15) is 6.04 Å². The Bertz CT molecular complexity index is 659. The Morgan fingerprint density at radius 1 is 1.32 bits per heavy atom. The number of rotatable bonds is 2. The summed E-state index contributed by atoms with van der Waals surface area (Å²) in [5.41, 5.74) is 2.47. The second-order valence-electron chi connectivity index (χ2n) is 4.48. The molecule has 1 aromatic carbocycles. The molecule has 2 aromatic rings. The van der Waals surface area contributed by atoms with E-state index in [1.165, 1.54) is 0 Å². The number of nitrogens with one attached hydrogen (secondary N) is 1. The molecule has 2 heterocycles. The van der Waals surface area contributed by atoms with Gasteiger partial charge in [0, 0.05) is 11.3 Å². The maximum atomic E-state index is 11.9. The number of allylic oxidation sites excluding steroid dienone is 2. The maximum Gasteiger partial charge on any atom is 0.248 e. The van der Waals surface area contributed by atoms with Crippen LogP contribution in [0.5, 0.6) is 0 Å². The fraction of sp³-hybridized carbons (Fsp3) is 0.231. The van der Waals surface area contributed by atoms with Crippen molar-refractivity contribution in [3.05, 3.63) is 47.2 Å². The molecule has 1 aromatic heterocycles. The summed E-state index contributed by atoms with van der Waals surface area (Å²) in [5.74, 6) is 0.566. The zero-order chi connectivity index (χ0) is 13.4. The van der Waals surface area contributed by atoms with Gasteiger partial charge in [-0.15, -0.1) is 0 Å². The number of ketones is 1. The number of fused-ring (bicyclic) bond motifs is 1. The summed E-state index contributed by atoms with van der Waals surface area (Å²) < 4.78 is 1.64. The Balaban J connectivity index is 2.21. The molecule has 0 aliphatic carbocycles. The normalized spacial score (nSPS) is 17.9. The number of nitrogens with zero attached hydrogens (tertiary/aromatic N) is 4. The van der Waals surface area contributed by atoms with Gasteiger partial charge in [0.05, 0.1) is 0 Å². The smallest absolute Gasteiger partial charge is 0.248 e. The topological polar surface area (TPSA) is 72.7 Å². The number of Topliss-reactive ketones (excluding diaryl/α,β-unsaturated/α-hetero) is 1. The van der Waals surface area contributed by atoms with Crippen molar-refractivity contribution in [3.8, 4) is 0 Å². The molecule has 6 heteroatoms. The number of hydrogen-bond donors (Lipinski definition) is 1. The van der Waals surface area contributed by atoms with Gasteiger partial charge in [-0.05, 0) is 29.8 Å². The first-order valence-corrected chi connectivity index (χ1v) is 6.00. The van der Waals surface area contributed by atoms with Gasteiger partial charge < -0.3 is 5.32 Å². The van der Waals surface area contributed by atoms with Crippen LogP contribution in [-0.4, -0.2) is 26.0 Å². The van der Waals surface area contributed by atoms with Crippen molar-refractivity contribution < 1.29 is 4.79 Å². The minimum Gasteiger partial charge on any atom is -0.327 e. The predicted molar refractivity (Wildman–Crippen MR) is 69.4 cm³/mol. The standard InChI is InChI=1S/C13H13N5O/c1-8-11(9(2)19)12(10-6-4-3-5-7-10)18-13(14-8)15-16-17-18/h3-7,12H,1-2H3,(H,14,15,17)/t12-/m0/s1. The summed E-state index contributed by atoms with van der Waals surface area (Å²) in [6.07, 6.45) is 0. The molecule has 0 radical (unpaired) electrons. The predicted octanol–water partition coefficient (Wildman–Crippen LogP) is 1.55. The third-order valence-electron chi connectivity index (χ3n) is 3.21. The van der Waals surface area contributed by atoms with E-state index in [0.717, 1.165) is 11.3 Å². The molecule has 0 saturated carbocycles. The highest BCUT2D eigenvalue weighted by Crippen LogP contribution is 2.34. The molecule has 1 aliphatic rings. The van der Waals surface area contributed by atoms with E-state index in [1.807, 2.05) is 37.3 Å². The lowest BCUT2D eigenvalue weighted by Crippen LogP contribution is -2.27. The quantitative estimate of drug-likeness (QED) is 0.881. The molecule has 6 nitrogen and oxygen atoms in total. The second kappa shape index (κ2) is 4.31. The van der Waals surface area contributed by atoms with Crippen molar-refractivity contribution in [2.24, 2.45) is 0 Å². The second-order valence-corrected chi connectivity index (χ2v) is 4.48. The first-order valence-electron chi connectivity index (χ1n) is 6.00. The molecule has 0 saturated heterocycles. The highest BCUT2D eigenvalue weighted by Gasteiger charge is 2.31. The average Bonchev–Trinajstić information content (AvgIpc) is 2.85. The van der Waals surface area contributed by atoms with Crippen LogP contribution in [0.3, 0.4) is 0 Å². The van der Waals surface area contributed by atoms with Crippen LogP contribution in [0.4, 0.5) is 5.95 Å². The zero-order valence-corrected chi connectivity index (χ0v) is 10.7. The highest BCUT2D eigenvalue weighted by atomic mass is 16.1. The van der Waals surface area contributed by atoms with Crippen LogP contribution in [0.25, 0.3) is 0 Å². The molecule has 0 spiro atoms. The summed E-state index contributed by atoms with van der Waals surface area (Å²) in [7, 11) is 0. The van der Waals surface area contributed by atoms with Gasteiger partial charge in [0.2, 0.25) is 5.95 Å². The first kappa shape index (κ1) is 11.6. The lowest BCUT2D eigenvalue weighted by Gasteiger charge is -2.27. The van der Waals surface area contributed by atoms with Gasteiger partial charge in [0.15, 0.2) is 5.78 Å². The Morgan fingerprint density at radius 2 is 2.05 bits per heavy atom. The molecule has 0 fully saturated rings. The van der Waals surface area contributed by atoms with E-state index in [-0.39, 0.29) is 11.8 Å². The van der Waals surface area contributed by atoms with E-state index < -0.39 is 0 Å². The molecule has 0 bridgehead atoms. The van der Waals surface area contributed by atoms with Crippen LogP contribution < -0.4 is 5.32 Å². The molecule has 96 valence electrons. The minimum absolute atomic E-state index is 0.0139. The van der Waals surface area contributed by atoms with E-state index in [1.54, 1.807) is 11.6 Å². The summed E-state index contributed by atoms with van der Waals surface area (Å²) in [6, 6.07) is 9.48. The Labute approximate surface area is 110 Å². The molecule has 0 amide bonds. The molecule has 1 atom stereocenters. The number of anilines is 1. The fourth-order valence-electron chi connectivity index (χ4n) is 2.41. The van der Waals surface area contributed by atoms with Crippen LogP contribution >= 0.6 is 0 Å². The van der Waals surface area contributed by atoms with Crippen LogP contribution in [0.2, 0.25) is 0 Å². The Morgan fingerprint density at radius 3 is 2.74 bits per heavy atom. The van der Waals surface area contributed by atoms with E-state index >= 15 is 0 Å². The van der Waals surface area contributed by atoms with Gasteiger partial charge >= 0.3 is 0 Å². The van der Waals surface area contributed by atoms with E-state index in [0.29, 0.717) is 11.5 Å². The van der Waals surface area contributed by atoms with Crippen LogP contribution in [0, 0.1) is 0 Å². The molecule has 0 unspecified atom stereocenters. The molecule has 19 heavy (non-hydrogen) atoms. The SMILES string of the molecule is CC(=O)C1=C(C)Nc2nnnn2[C@H]1c1ccccc1. The summed E-state index contributed by atoms with van der Waals surface area (Å²) in [4.78, 5) is 11.9. The minimum atomic E-state index is -0.273. The van der Waals surface area contributed by atoms with Crippen molar-refractivity contribution in [1.82, 2.24) is 20.2 Å². The Hall–Kier alpha value is -2.50.